The van der Waals surface area contributed by atoms with Crippen LogP contribution in [0.15, 0.2) is 114 Å². The molecule has 0 aromatic heterocycles. The number of carbonyl (C=O) groups is 1. The highest BCUT2D eigenvalue weighted by Gasteiger charge is 2.27. The lowest BCUT2D eigenvalue weighted by molar-refractivity contribution is -0.114. The highest BCUT2D eigenvalue weighted by atomic mass is 35.5. The first kappa shape index (κ1) is 24.3. The summed E-state index contributed by atoms with van der Waals surface area (Å²) in [6.07, 6.45) is 0. The van der Waals surface area contributed by atoms with E-state index in [1.165, 1.54) is 18.2 Å². The highest BCUT2D eigenvalue weighted by molar-refractivity contribution is 7.92. The molecule has 1 amide bonds. The predicted molar refractivity (Wildman–Crippen MR) is 138 cm³/mol. The number of carbonyl (C=O) groups excluding carboxylic acids is 1. The van der Waals surface area contributed by atoms with Crippen LogP contribution in [0.4, 0.5) is 11.4 Å². The molecular weight excluding hydrogens is 484 g/mol. The minimum absolute atomic E-state index is 0.0766. The van der Waals surface area contributed by atoms with E-state index >= 15 is 0 Å². The van der Waals surface area contributed by atoms with Crippen LogP contribution in [0.5, 0.6) is 5.75 Å². The normalized spacial score (nSPS) is 11.0. The van der Waals surface area contributed by atoms with Crippen molar-refractivity contribution < 1.29 is 17.9 Å². The molecular formula is C27H23ClN2O4S. The number of ether oxygens (including phenoxy) is 1. The molecule has 0 aliphatic carbocycles. The first-order chi connectivity index (χ1) is 16.9. The fraction of sp³-hybridized carbons (Fsp3) is 0.0741. The van der Waals surface area contributed by atoms with Crippen LogP contribution < -0.4 is 14.4 Å². The third kappa shape index (κ3) is 6.41. The zero-order chi connectivity index (χ0) is 24.7. The van der Waals surface area contributed by atoms with Crippen molar-refractivity contribution in [3.8, 4) is 5.75 Å². The summed E-state index contributed by atoms with van der Waals surface area (Å²) in [6, 6.07) is 31.0. The van der Waals surface area contributed by atoms with Crippen LogP contribution in [0, 0.1) is 0 Å². The van der Waals surface area contributed by atoms with Crippen LogP contribution >= 0.6 is 11.6 Å². The molecule has 0 aliphatic rings. The summed E-state index contributed by atoms with van der Waals surface area (Å²) < 4.78 is 33.5. The molecule has 4 aromatic carbocycles. The van der Waals surface area contributed by atoms with Gasteiger partial charge in [0.05, 0.1) is 10.6 Å². The Balaban J connectivity index is 1.47. The quantitative estimate of drug-likeness (QED) is 0.313. The monoisotopic (exact) mass is 506 g/mol. The fourth-order valence-corrected chi connectivity index (χ4v) is 4.99. The van der Waals surface area contributed by atoms with E-state index in [9.17, 15) is 13.2 Å². The Hall–Kier alpha value is -3.81. The van der Waals surface area contributed by atoms with Crippen molar-refractivity contribution in [3.63, 3.8) is 0 Å². The number of hydrogen-bond acceptors (Lipinski definition) is 4. The molecule has 4 aromatic rings. The van der Waals surface area contributed by atoms with Crippen molar-refractivity contribution in [2.45, 2.75) is 11.5 Å². The summed E-state index contributed by atoms with van der Waals surface area (Å²) >= 11 is 6.10. The first-order valence-corrected chi connectivity index (χ1v) is 12.6. The molecule has 0 heterocycles. The zero-order valence-electron chi connectivity index (χ0n) is 18.7. The number of anilines is 2. The number of benzene rings is 4. The van der Waals surface area contributed by atoms with E-state index in [-0.39, 0.29) is 4.90 Å². The molecule has 0 aliphatic heterocycles. The lowest BCUT2D eigenvalue weighted by Gasteiger charge is -2.24. The Morgan fingerprint density at radius 3 is 2.14 bits per heavy atom. The van der Waals surface area contributed by atoms with E-state index in [0.29, 0.717) is 28.8 Å². The highest BCUT2D eigenvalue weighted by Crippen LogP contribution is 2.26. The lowest BCUT2D eigenvalue weighted by Crippen LogP contribution is -2.38. The first-order valence-electron chi connectivity index (χ1n) is 10.8. The Morgan fingerprint density at radius 2 is 1.49 bits per heavy atom. The molecule has 178 valence electrons. The van der Waals surface area contributed by atoms with Gasteiger partial charge in [0, 0.05) is 10.7 Å². The lowest BCUT2D eigenvalue weighted by atomic mass is 10.2. The van der Waals surface area contributed by atoms with Crippen molar-refractivity contribution in [2.75, 3.05) is 16.2 Å². The summed E-state index contributed by atoms with van der Waals surface area (Å²) in [4.78, 5) is 12.9. The van der Waals surface area contributed by atoms with Gasteiger partial charge in [-0.25, -0.2) is 8.42 Å². The topological polar surface area (TPSA) is 75.7 Å². The van der Waals surface area contributed by atoms with E-state index in [0.717, 1.165) is 9.87 Å². The van der Waals surface area contributed by atoms with Crippen LogP contribution in [-0.2, 0) is 21.4 Å². The second-order valence-corrected chi connectivity index (χ2v) is 9.95. The van der Waals surface area contributed by atoms with Gasteiger partial charge < -0.3 is 10.1 Å². The maximum Gasteiger partial charge on any atom is 0.264 e. The summed E-state index contributed by atoms with van der Waals surface area (Å²) in [6.45, 7) is 0.00230. The second-order valence-electron chi connectivity index (χ2n) is 7.65. The number of amides is 1. The number of sulfonamides is 1. The van der Waals surface area contributed by atoms with Crippen LogP contribution in [-0.4, -0.2) is 20.9 Å². The minimum atomic E-state index is -4.00. The Bertz CT molecular complexity index is 1380. The Labute approximate surface area is 209 Å². The minimum Gasteiger partial charge on any atom is -0.489 e. The van der Waals surface area contributed by atoms with E-state index in [2.05, 4.69) is 5.32 Å². The number of hydrogen-bond donors (Lipinski definition) is 1. The van der Waals surface area contributed by atoms with Crippen molar-refractivity contribution in [3.05, 3.63) is 120 Å². The van der Waals surface area contributed by atoms with E-state index < -0.39 is 22.5 Å². The molecule has 1 N–H and O–H groups in total. The molecule has 8 heteroatoms. The van der Waals surface area contributed by atoms with E-state index in [4.69, 9.17) is 16.3 Å². The summed E-state index contributed by atoms with van der Waals surface area (Å²) in [7, 11) is -4.00. The molecule has 0 fully saturated rings. The van der Waals surface area contributed by atoms with E-state index in [1.54, 1.807) is 60.7 Å². The summed E-state index contributed by atoms with van der Waals surface area (Å²) in [5.41, 5.74) is 1.86. The Morgan fingerprint density at radius 1 is 0.829 bits per heavy atom. The third-order valence-corrected chi connectivity index (χ3v) is 7.12. The molecule has 0 saturated heterocycles. The predicted octanol–water partition coefficient (Wildman–Crippen LogP) is 5.75. The number of rotatable bonds is 9. The van der Waals surface area contributed by atoms with Gasteiger partial charge in [0.2, 0.25) is 5.91 Å². The maximum absolute atomic E-state index is 13.4. The van der Waals surface area contributed by atoms with Gasteiger partial charge in [-0.05, 0) is 60.2 Å². The van der Waals surface area contributed by atoms with Gasteiger partial charge in [-0.3, -0.25) is 9.10 Å². The molecule has 0 radical (unpaired) electrons. The van der Waals surface area contributed by atoms with Gasteiger partial charge in [0.15, 0.2) is 0 Å². The molecule has 0 saturated carbocycles. The van der Waals surface area contributed by atoms with Crippen molar-refractivity contribution in [1.82, 2.24) is 0 Å². The third-order valence-electron chi connectivity index (χ3n) is 5.10. The number of halogens is 1. The van der Waals surface area contributed by atoms with Crippen LogP contribution in [0.2, 0.25) is 5.02 Å². The number of nitrogens with one attached hydrogen (secondary N) is 1. The second kappa shape index (κ2) is 11.1. The molecule has 6 nitrogen and oxygen atoms in total. The van der Waals surface area contributed by atoms with Gasteiger partial charge in [-0.1, -0.05) is 66.2 Å². The largest absolute Gasteiger partial charge is 0.489 e. The molecule has 4 rings (SSSR count). The van der Waals surface area contributed by atoms with Crippen molar-refractivity contribution in [1.29, 1.82) is 0 Å². The van der Waals surface area contributed by atoms with Crippen LogP contribution in [0.3, 0.4) is 0 Å². The van der Waals surface area contributed by atoms with E-state index in [1.807, 2.05) is 30.3 Å². The smallest absolute Gasteiger partial charge is 0.264 e. The van der Waals surface area contributed by atoms with Gasteiger partial charge in [0.25, 0.3) is 10.0 Å². The van der Waals surface area contributed by atoms with Gasteiger partial charge in [-0.15, -0.1) is 0 Å². The fourth-order valence-electron chi connectivity index (χ4n) is 3.37. The molecule has 0 bridgehead atoms. The van der Waals surface area contributed by atoms with Gasteiger partial charge >= 0.3 is 0 Å². The van der Waals surface area contributed by atoms with Crippen LogP contribution in [0.1, 0.15) is 5.56 Å². The molecule has 0 unspecified atom stereocenters. The van der Waals surface area contributed by atoms with Gasteiger partial charge in [-0.2, -0.15) is 0 Å². The average molecular weight is 507 g/mol. The maximum atomic E-state index is 13.4. The standard InChI is InChI=1S/C27H23ClN2O4S/c28-22-10-7-11-24(18-22)30(35(32,33)26-12-5-2-6-13-26)19-27(31)29-23-14-16-25(17-15-23)34-20-21-8-3-1-4-9-21/h1-18H,19-20H2,(H,29,31). The summed E-state index contributed by atoms with van der Waals surface area (Å²) in [5, 5.41) is 3.11. The SMILES string of the molecule is O=C(CN(c1cccc(Cl)c1)S(=O)(=O)c1ccccc1)Nc1ccc(OCc2ccccc2)cc1. The summed E-state index contributed by atoms with van der Waals surface area (Å²) in [5.74, 6) is 0.154. The Kier molecular flexibility index (Phi) is 7.70. The molecule has 0 atom stereocenters. The number of nitrogens with zero attached hydrogens (tertiary/aromatic N) is 1. The molecule has 0 spiro atoms. The van der Waals surface area contributed by atoms with Crippen molar-refractivity contribution >= 4 is 38.9 Å². The van der Waals surface area contributed by atoms with Crippen LogP contribution in [0.25, 0.3) is 0 Å². The average Bonchev–Trinajstić information content (AvgIpc) is 2.88. The zero-order valence-corrected chi connectivity index (χ0v) is 20.2. The molecule has 35 heavy (non-hydrogen) atoms. The van der Waals surface area contributed by atoms with Crippen molar-refractivity contribution in [2.24, 2.45) is 0 Å². The van der Waals surface area contributed by atoms with Gasteiger partial charge in [0.1, 0.15) is 18.9 Å².